The van der Waals surface area contributed by atoms with Crippen molar-refractivity contribution in [1.29, 1.82) is 0 Å². The van der Waals surface area contributed by atoms with Crippen LogP contribution in [0.5, 0.6) is 5.75 Å². The highest BCUT2D eigenvalue weighted by atomic mass is 32.2. The molecule has 20 heavy (non-hydrogen) atoms. The predicted octanol–water partition coefficient (Wildman–Crippen LogP) is 2.46. The van der Waals surface area contributed by atoms with Crippen LogP contribution in [-0.2, 0) is 0 Å². The zero-order valence-corrected chi connectivity index (χ0v) is 12.1. The summed E-state index contributed by atoms with van der Waals surface area (Å²) in [5, 5.41) is 0.679. The minimum Gasteiger partial charge on any atom is -0.493 e. The van der Waals surface area contributed by atoms with Gasteiger partial charge >= 0.3 is 0 Å². The quantitative estimate of drug-likeness (QED) is 0.520. The summed E-state index contributed by atoms with van der Waals surface area (Å²) in [7, 11) is 0. The van der Waals surface area contributed by atoms with Crippen LogP contribution < -0.4 is 10.5 Å². The molecule has 1 heterocycles. The first-order chi connectivity index (χ1) is 9.78. The SMILES string of the molecule is Cc1coc(SCCOc2ccc(C#CCN)cc2)n1. The smallest absolute Gasteiger partial charge is 0.255 e. The van der Waals surface area contributed by atoms with Crippen LogP contribution in [0.15, 0.2) is 40.2 Å². The topological polar surface area (TPSA) is 61.3 Å². The molecule has 0 amide bonds. The van der Waals surface area contributed by atoms with Gasteiger partial charge < -0.3 is 14.9 Å². The molecule has 0 saturated carbocycles. The van der Waals surface area contributed by atoms with E-state index in [0.717, 1.165) is 22.8 Å². The van der Waals surface area contributed by atoms with Crippen LogP contribution in [0.3, 0.4) is 0 Å². The maximum absolute atomic E-state index is 5.63. The summed E-state index contributed by atoms with van der Waals surface area (Å²) in [6.45, 7) is 2.87. The zero-order valence-electron chi connectivity index (χ0n) is 11.3. The van der Waals surface area contributed by atoms with Gasteiger partial charge in [0, 0.05) is 11.3 Å². The molecule has 0 aliphatic carbocycles. The van der Waals surface area contributed by atoms with E-state index in [1.807, 2.05) is 31.2 Å². The van der Waals surface area contributed by atoms with E-state index in [9.17, 15) is 0 Å². The molecule has 0 spiro atoms. The second kappa shape index (κ2) is 7.63. The third-order valence-corrected chi connectivity index (χ3v) is 3.17. The van der Waals surface area contributed by atoms with Gasteiger partial charge in [0.1, 0.15) is 12.0 Å². The first kappa shape index (κ1) is 14.5. The van der Waals surface area contributed by atoms with Gasteiger partial charge in [-0.2, -0.15) is 0 Å². The molecule has 104 valence electrons. The standard InChI is InChI=1S/C15H16N2O2S/c1-12-11-19-15(17-12)20-10-9-18-14-6-4-13(5-7-14)3-2-8-16/h4-7,11H,8-10,16H2,1H3. The van der Waals surface area contributed by atoms with Crippen molar-refractivity contribution in [2.45, 2.75) is 12.1 Å². The lowest BCUT2D eigenvalue weighted by atomic mass is 10.2. The molecule has 4 nitrogen and oxygen atoms in total. The Kier molecular flexibility index (Phi) is 5.54. The maximum Gasteiger partial charge on any atom is 0.255 e. The maximum atomic E-state index is 5.63. The lowest BCUT2D eigenvalue weighted by Crippen LogP contribution is -2.00. The summed E-state index contributed by atoms with van der Waals surface area (Å²) in [4.78, 5) is 4.21. The van der Waals surface area contributed by atoms with Crippen molar-refractivity contribution in [2.24, 2.45) is 5.73 Å². The van der Waals surface area contributed by atoms with Gasteiger partial charge in [-0.1, -0.05) is 23.6 Å². The number of rotatable bonds is 5. The van der Waals surface area contributed by atoms with E-state index in [2.05, 4.69) is 16.8 Å². The third-order valence-electron chi connectivity index (χ3n) is 2.36. The van der Waals surface area contributed by atoms with Crippen molar-refractivity contribution < 1.29 is 9.15 Å². The van der Waals surface area contributed by atoms with E-state index < -0.39 is 0 Å². The summed E-state index contributed by atoms with van der Waals surface area (Å²) in [6.07, 6.45) is 1.64. The third kappa shape index (κ3) is 4.65. The first-order valence-electron chi connectivity index (χ1n) is 6.24. The molecule has 0 radical (unpaired) electrons. The van der Waals surface area contributed by atoms with Crippen LogP contribution in [0.4, 0.5) is 0 Å². The second-order valence-corrected chi connectivity index (χ2v) is 5.03. The minimum absolute atomic E-state index is 0.371. The average Bonchev–Trinajstić information content (AvgIpc) is 2.88. The van der Waals surface area contributed by atoms with Crippen molar-refractivity contribution in [3.05, 3.63) is 41.8 Å². The van der Waals surface area contributed by atoms with Crippen molar-refractivity contribution in [3.8, 4) is 17.6 Å². The first-order valence-corrected chi connectivity index (χ1v) is 7.23. The molecule has 1 aromatic heterocycles. The minimum atomic E-state index is 0.371. The summed E-state index contributed by atoms with van der Waals surface area (Å²) in [5.41, 5.74) is 7.15. The van der Waals surface area contributed by atoms with Crippen molar-refractivity contribution in [2.75, 3.05) is 18.9 Å². The highest BCUT2D eigenvalue weighted by Gasteiger charge is 2.01. The van der Waals surface area contributed by atoms with Crippen LogP contribution in [0.25, 0.3) is 0 Å². The van der Waals surface area contributed by atoms with Crippen LogP contribution in [0.1, 0.15) is 11.3 Å². The van der Waals surface area contributed by atoms with Crippen LogP contribution in [-0.4, -0.2) is 23.9 Å². The monoisotopic (exact) mass is 288 g/mol. The van der Waals surface area contributed by atoms with E-state index in [-0.39, 0.29) is 0 Å². The Morgan fingerprint density at radius 2 is 2.15 bits per heavy atom. The van der Waals surface area contributed by atoms with Gasteiger partial charge in [0.05, 0.1) is 18.8 Å². The largest absolute Gasteiger partial charge is 0.493 e. The molecule has 0 saturated heterocycles. The van der Waals surface area contributed by atoms with E-state index in [4.69, 9.17) is 14.9 Å². The van der Waals surface area contributed by atoms with Gasteiger partial charge in [0.25, 0.3) is 5.22 Å². The predicted molar refractivity (Wildman–Crippen MR) is 79.8 cm³/mol. The van der Waals surface area contributed by atoms with Gasteiger partial charge in [-0.25, -0.2) is 4.98 Å². The lowest BCUT2D eigenvalue weighted by Gasteiger charge is -2.04. The molecule has 0 aliphatic heterocycles. The summed E-state index contributed by atoms with van der Waals surface area (Å²) < 4.78 is 10.9. The number of benzene rings is 1. The molecule has 2 N–H and O–H groups in total. The Morgan fingerprint density at radius 3 is 2.80 bits per heavy atom. The molecular weight excluding hydrogens is 272 g/mol. The fraction of sp³-hybridized carbons (Fsp3) is 0.267. The van der Waals surface area contributed by atoms with Crippen LogP contribution >= 0.6 is 11.8 Å². The summed E-state index contributed by atoms with van der Waals surface area (Å²) in [6, 6.07) is 7.64. The van der Waals surface area contributed by atoms with Crippen LogP contribution in [0, 0.1) is 18.8 Å². The number of nitrogens with two attached hydrogens (primary N) is 1. The molecule has 0 unspecified atom stereocenters. The van der Waals surface area contributed by atoms with Gasteiger partial charge in [-0.3, -0.25) is 0 Å². The molecule has 2 rings (SSSR count). The number of aryl methyl sites for hydroxylation is 1. The van der Waals surface area contributed by atoms with E-state index >= 15 is 0 Å². The summed E-state index contributed by atoms with van der Waals surface area (Å²) >= 11 is 1.54. The molecular formula is C15H16N2O2S. The Bertz CT molecular complexity index is 596. The summed E-state index contributed by atoms with van der Waals surface area (Å²) in [5.74, 6) is 7.39. The number of aromatic nitrogens is 1. The Morgan fingerprint density at radius 1 is 1.35 bits per heavy atom. The Hall–Kier alpha value is -1.90. The highest BCUT2D eigenvalue weighted by Crippen LogP contribution is 2.17. The van der Waals surface area contributed by atoms with E-state index in [1.165, 1.54) is 11.8 Å². The molecule has 5 heteroatoms. The van der Waals surface area contributed by atoms with E-state index in [1.54, 1.807) is 6.26 Å². The van der Waals surface area contributed by atoms with Crippen molar-refractivity contribution in [3.63, 3.8) is 0 Å². The highest BCUT2D eigenvalue weighted by molar-refractivity contribution is 7.99. The molecule has 1 aromatic carbocycles. The number of oxazole rings is 1. The second-order valence-electron chi connectivity index (χ2n) is 3.98. The molecule has 2 aromatic rings. The zero-order chi connectivity index (χ0) is 14.2. The van der Waals surface area contributed by atoms with Gasteiger partial charge in [-0.05, 0) is 31.2 Å². The number of nitrogens with zero attached hydrogens (tertiary/aromatic N) is 1. The molecule has 0 aliphatic rings. The van der Waals surface area contributed by atoms with E-state index in [0.29, 0.717) is 18.4 Å². The Balaban J connectivity index is 1.74. The van der Waals surface area contributed by atoms with Crippen molar-refractivity contribution in [1.82, 2.24) is 4.98 Å². The normalized spacial score (nSPS) is 9.90. The molecule has 0 atom stereocenters. The average molecular weight is 288 g/mol. The molecule has 0 bridgehead atoms. The number of thioether (sulfide) groups is 1. The van der Waals surface area contributed by atoms with Gasteiger partial charge in [0.2, 0.25) is 0 Å². The lowest BCUT2D eigenvalue weighted by molar-refractivity contribution is 0.343. The van der Waals surface area contributed by atoms with Crippen molar-refractivity contribution >= 4 is 11.8 Å². The molecule has 0 fully saturated rings. The number of hydrogen-bond donors (Lipinski definition) is 1. The van der Waals surface area contributed by atoms with Gasteiger partial charge in [-0.15, -0.1) is 0 Å². The van der Waals surface area contributed by atoms with Crippen LogP contribution in [0.2, 0.25) is 0 Å². The van der Waals surface area contributed by atoms with Gasteiger partial charge in [0.15, 0.2) is 0 Å². The fourth-order valence-electron chi connectivity index (χ4n) is 1.47. The fourth-order valence-corrected chi connectivity index (χ4v) is 2.14. The Labute approximate surface area is 122 Å². The number of hydrogen-bond acceptors (Lipinski definition) is 5. The number of ether oxygens (including phenoxy) is 1.